The lowest BCUT2D eigenvalue weighted by Gasteiger charge is -2.41. The highest BCUT2D eigenvalue weighted by Crippen LogP contribution is 2.39. The van der Waals surface area contributed by atoms with Crippen molar-refractivity contribution in [1.29, 1.82) is 0 Å². The maximum atomic E-state index is 13.4. The summed E-state index contributed by atoms with van der Waals surface area (Å²) in [7, 11) is 9.01. The van der Waals surface area contributed by atoms with Crippen molar-refractivity contribution in [2.24, 2.45) is 0 Å². The Morgan fingerprint density at radius 3 is 1.82 bits per heavy atom. The van der Waals surface area contributed by atoms with Gasteiger partial charge >= 0.3 is 0 Å². The van der Waals surface area contributed by atoms with Gasteiger partial charge in [0.25, 0.3) is 0 Å². The number of hydrogen-bond donors (Lipinski definition) is 3. The molecule has 0 fully saturated rings. The Balaban J connectivity index is 1.56. The van der Waals surface area contributed by atoms with Crippen molar-refractivity contribution in [1.82, 2.24) is 20.9 Å². The summed E-state index contributed by atoms with van der Waals surface area (Å²) in [6.07, 6.45) is 2.00. The van der Waals surface area contributed by atoms with Crippen LogP contribution in [-0.4, -0.2) is 90.6 Å². The molecule has 1 unspecified atom stereocenters. The third kappa shape index (κ3) is 10.7. The predicted octanol–water partition coefficient (Wildman–Crippen LogP) is 4.87. The fourth-order valence-electron chi connectivity index (χ4n) is 6.30. The Bertz CT molecular complexity index is 1610. The Morgan fingerprint density at radius 1 is 0.745 bits per heavy atom. The van der Waals surface area contributed by atoms with Gasteiger partial charge in [0, 0.05) is 63.4 Å². The van der Waals surface area contributed by atoms with Crippen molar-refractivity contribution in [3.8, 4) is 11.5 Å². The van der Waals surface area contributed by atoms with E-state index in [0.717, 1.165) is 40.2 Å². The first kappa shape index (κ1) is 38.6. The molecule has 3 N–H and O–H groups in total. The maximum Gasteiger partial charge on any atom is 0.221 e. The highest BCUT2D eigenvalue weighted by molar-refractivity contribution is 5.77. The number of carbonyl (C=O) groups is 3. The quantitative estimate of drug-likeness (QED) is 0.0889. The van der Waals surface area contributed by atoms with E-state index in [9.17, 15) is 14.4 Å². The van der Waals surface area contributed by atoms with Crippen LogP contribution >= 0.6 is 0 Å². The number of nitrogens with zero attached hydrogens (tertiary/aromatic N) is 2. The van der Waals surface area contributed by atoms with Crippen LogP contribution in [0.4, 0.5) is 5.69 Å². The number of carbonyl (C=O) groups excluding carboxylic acids is 3. The van der Waals surface area contributed by atoms with Gasteiger partial charge in [0.2, 0.25) is 11.8 Å². The number of ether oxygens (including phenoxy) is 2. The van der Waals surface area contributed by atoms with E-state index < -0.39 is 5.54 Å². The normalized spacial score (nSPS) is 11.8. The number of rotatable bonds is 20. The second-order valence-electron chi connectivity index (χ2n) is 12.7. The van der Waals surface area contributed by atoms with Crippen LogP contribution in [0.5, 0.6) is 11.5 Å². The van der Waals surface area contributed by atoms with E-state index in [2.05, 4.69) is 57.2 Å². The van der Waals surface area contributed by atoms with Crippen LogP contribution in [0, 0.1) is 0 Å². The molecule has 0 heterocycles. The summed E-state index contributed by atoms with van der Waals surface area (Å²) in [5, 5.41) is 9.79. The number of aldehydes is 1. The number of hydrogen-bond acceptors (Lipinski definition) is 8. The lowest BCUT2D eigenvalue weighted by molar-refractivity contribution is -0.121. The van der Waals surface area contributed by atoms with Crippen LogP contribution in [0.2, 0.25) is 0 Å². The minimum absolute atomic E-state index is 0.0534. The van der Waals surface area contributed by atoms with Crippen molar-refractivity contribution in [2.75, 3.05) is 66.4 Å². The molecule has 0 aromatic heterocycles. The zero-order valence-electron chi connectivity index (χ0n) is 30.4. The molecular weight excluding hydrogens is 642 g/mol. The van der Waals surface area contributed by atoms with E-state index in [1.54, 1.807) is 33.4 Å². The highest BCUT2D eigenvalue weighted by atomic mass is 16.5. The van der Waals surface area contributed by atoms with Crippen LogP contribution in [-0.2, 0) is 15.1 Å². The van der Waals surface area contributed by atoms with E-state index in [1.165, 1.54) is 0 Å². The summed E-state index contributed by atoms with van der Waals surface area (Å²) in [6, 6.07) is 33.7. The standard InChI is InChI=1S/C41H51N5O5/c1-42-39(48)25-27-46(36-18-11-31(30-47)12-19-36)28-26-43-40(49)24-17-35(29-45(2)3)44-41(32-9-7-6-8-10-32,33-13-20-37(50-4)21-14-33)34-15-22-38(51-5)23-16-34/h6-16,18-23,30,35,44H,17,24-29H2,1-5H3,(H,42,48)(H,43,49). The molecule has 0 saturated heterocycles. The van der Waals surface area contributed by atoms with Gasteiger partial charge in [-0.15, -0.1) is 0 Å². The van der Waals surface area contributed by atoms with Crippen molar-refractivity contribution in [3.63, 3.8) is 0 Å². The van der Waals surface area contributed by atoms with Gasteiger partial charge in [0.05, 0.1) is 19.8 Å². The summed E-state index contributed by atoms with van der Waals surface area (Å²) in [6.45, 7) is 2.08. The first-order chi connectivity index (χ1) is 24.7. The summed E-state index contributed by atoms with van der Waals surface area (Å²) in [4.78, 5) is 40.7. The molecule has 4 aromatic rings. The van der Waals surface area contributed by atoms with Crippen molar-refractivity contribution < 1.29 is 23.9 Å². The largest absolute Gasteiger partial charge is 0.497 e. The van der Waals surface area contributed by atoms with Gasteiger partial charge in [-0.2, -0.15) is 0 Å². The molecule has 270 valence electrons. The summed E-state index contributed by atoms with van der Waals surface area (Å²) in [5.41, 5.74) is 3.82. The van der Waals surface area contributed by atoms with Gasteiger partial charge in [0.15, 0.2) is 0 Å². The van der Waals surface area contributed by atoms with Crippen LogP contribution in [0.3, 0.4) is 0 Å². The Morgan fingerprint density at radius 2 is 1.31 bits per heavy atom. The van der Waals surface area contributed by atoms with E-state index in [4.69, 9.17) is 9.47 Å². The smallest absolute Gasteiger partial charge is 0.221 e. The summed E-state index contributed by atoms with van der Waals surface area (Å²) < 4.78 is 11.0. The number of amides is 2. The molecule has 0 spiro atoms. The Hall–Kier alpha value is -5.19. The number of anilines is 1. The Labute approximate surface area is 302 Å². The minimum atomic E-state index is -0.762. The fraction of sp³-hybridized carbons (Fsp3) is 0.341. The lowest BCUT2D eigenvalue weighted by Crippen LogP contribution is -2.53. The third-order valence-electron chi connectivity index (χ3n) is 8.96. The Kier molecular flexibility index (Phi) is 14.6. The first-order valence-electron chi connectivity index (χ1n) is 17.3. The zero-order chi connectivity index (χ0) is 36.6. The highest BCUT2D eigenvalue weighted by Gasteiger charge is 2.38. The average molecular weight is 694 g/mol. The van der Waals surface area contributed by atoms with Crippen molar-refractivity contribution >= 4 is 23.8 Å². The second kappa shape index (κ2) is 19.3. The molecule has 0 bridgehead atoms. The van der Waals surface area contributed by atoms with Gasteiger partial charge < -0.3 is 29.9 Å². The predicted molar refractivity (Wildman–Crippen MR) is 203 cm³/mol. The molecule has 4 rings (SSSR count). The van der Waals surface area contributed by atoms with E-state index in [-0.39, 0.29) is 17.9 Å². The summed E-state index contributed by atoms with van der Waals surface area (Å²) in [5.74, 6) is 1.41. The number of benzene rings is 4. The molecule has 0 aliphatic rings. The molecule has 51 heavy (non-hydrogen) atoms. The third-order valence-corrected chi connectivity index (χ3v) is 8.96. The number of methoxy groups -OCH3 is 2. The van der Waals surface area contributed by atoms with E-state index in [1.807, 2.05) is 73.6 Å². The SMILES string of the molecule is CNC(=O)CCN(CCNC(=O)CCC(CN(C)C)NC(c1ccccc1)(c1ccc(OC)cc1)c1ccc(OC)cc1)c1ccc(C=O)cc1. The molecule has 2 amide bonds. The van der Waals surface area contributed by atoms with Gasteiger partial charge in [0.1, 0.15) is 17.8 Å². The molecule has 4 aromatic carbocycles. The molecular formula is C41H51N5O5. The zero-order valence-corrected chi connectivity index (χ0v) is 30.4. The lowest BCUT2D eigenvalue weighted by atomic mass is 9.76. The molecule has 0 aliphatic carbocycles. The minimum Gasteiger partial charge on any atom is -0.497 e. The van der Waals surface area contributed by atoms with Crippen molar-refractivity contribution in [3.05, 3.63) is 125 Å². The number of likely N-dealkylation sites (N-methyl/N-ethyl adjacent to an activating group) is 1. The molecule has 0 saturated carbocycles. The molecule has 0 radical (unpaired) electrons. The van der Waals surface area contributed by atoms with Gasteiger partial charge in [-0.25, -0.2) is 0 Å². The van der Waals surface area contributed by atoms with Crippen LogP contribution in [0.15, 0.2) is 103 Å². The van der Waals surface area contributed by atoms with Crippen LogP contribution in [0.25, 0.3) is 0 Å². The monoisotopic (exact) mass is 693 g/mol. The fourth-order valence-corrected chi connectivity index (χ4v) is 6.30. The van der Waals surface area contributed by atoms with Gasteiger partial charge in [-0.05, 0) is 85.7 Å². The van der Waals surface area contributed by atoms with E-state index >= 15 is 0 Å². The van der Waals surface area contributed by atoms with Crippen LogP contribution < -0.4 is 30.3 Å². The van der Waals surface area contributed by atoms with E-state index in [0.29, 0.717) is 51.0 Å². The van der Waals surface area contributed by atoms with Crippen molar-refractivity contribution in [2.45, 2.75) is 30.8 Å². The molecule has 1 atom stereocenters. The molecule has 10 heteroatoms. The first-order valence-corrected chi connectivity index (χ1v) is 17.3. The second-order valence-corrected chi connectivity index (χ2v) is 12.7. The average Bonchev–Trinajstić information content (AvgIpc) is 3.17. The van der Waals surface area contributed by atoms with Gasteiger partial charge in [-0.3, -0.25) is 19.7 Å². The molecule has 0 aliphatic heterocycles. The van der Waals surface area contributed by atoms with Gasteiger partial charge in [-0.1, -0.05) is 54.6 Å². The topological polar surface area (TPSA) is 112 Å². The summed E-state index contributed by atoms with van der Waals surface area (Å²) >= 11 is 0. The number of nitrogens with one attached hydrogen (secondary N) is 3. The van der Waals surface area contributed by atoms with Crippen LogP contribution in [0.1, 0.15) is 46.3 Å². The molecule has 10 nitrogen and oxygen atoms in total. The maximum absolute atomic E-state index is 13.4.